The first kappa shape index (κ1) is 4.60. The lowest BCUT2D eigenvalue weighted by atomic mass is 10.0. The maximum atomic E-state index is 3.82. The van der Waals surface area contributed by atoms with Gasteiger partial charge in [-0.3, -0.25) is 0 Å². The second-order valence-corrected chi connectivity index (χ2v) is 3.14. The predicted molar refractivity (Wildman–Crippen MR) is 34.5 cm³/mol. The van der Waals surface area contributed by atoms with Gasteiger partial charge in [-0.2, -0.15) is 0 Å². The molecule has 1 unspecified atom stereocenters. The van der Waals surface area contributed by atoms with Crippen molar-refractivity contribution in [2.45, 2.75) is 19.3 Å². The van der Waals surface area contributed by atoms with E-state index in [1.807, 2.05) is 0 Å². The molecule has 0 saturated heterocycles. The van der Waals surface area contributed by atoms with Gasteiger partial charge in [0.2, 0.25) is 0 Å². The van der Waals surface area contributed by atoms with E-state index in [0.717, 1.165) is 17.8 Å². The van der Waals surface area contributed by atoms with E-state index in [1.54, 1.807) is 0 Å². The fourth-order valence-corrected chi connectivity index (χ4v) is 2.04. The van der Waals surface area contributed by atoms with Crippen LogP contribution in [0.2, 0.25) is 0 Å². The number of hydrogen-bond acceptors (Lipinski definition) is 0. The standard InChI is InChI=1S/C8H12/c1-2-6-3-4-7-5-8(6)7/h2,6-8H,1,3-5H2/t6-,7-,8?/m0/s1. The summed E-state index contributed by atoms with van der Waals surface area (Å²) >= 11 is 0. The van der Waals surface area contributed by atoms with E-state index in [9.17, 15) is 0 Å². The highest BCUT2D eigenvalue weighted by Crippen LogP contribution is 2.55. The van der Waals surface area contributed by atoms with Gasteiger partial charge in [0, 0.05) is 0 Å². The lowest BCUT2D eigenvalue weighted by Gasteiger charge is -2.00. The molecule has 0 spiro atoms. The largest absolute Gasteiger partial charge is 0.103 e. The molecule has 2 aliphatic rings. The molecule has 8 heavy (non-hydrogen) atoms. The SMILES string of the molecule is C=C[C@H]1CC[C@H]2CC21. The summed E-state index contributed by atoms with van der Waals surface area (Å²) in [4.78, 5) is 0. The summed E-state index contributed by atoms with van der Waals surface area (Å²) in [5, 5.41) is 0. The van der Waals surface area contributed by atoms with Crippen LogP contribution in [0.1, 0.15) is 19.3 Å². The van der Waals surface area contributed by atoms with Crippen LogP contribution in [0.4, 0.5) is 0 Å². The summed E-state index contributed by atoms with van der Waals surface area (Å²) in [5.74, 6) is 3.10. The lowest BCUT2D eigenvalue weighted by Crippen LogP contribution is -1.90. The van der Waals surface area contributed by atoms with Crippen molar-refractivity contribution in [3.8, 4) is 0 Å². The maximum absolute atomic E-state index is 3.82. The summed E-state index contributed by atoms with van der Waals surface area (Å²) in [5.41, 5.74) is 0. The van der Waals surface area contributed by atoms with Gasteiger partial charge in [-0.15, -0.1) is 6.58 Å². The van der Waals surface area contributed by atoms with Crippen LogP contribution in [0.15, 0.2) is 12.7 Å². The van der Waals surface area contributed by atoms with E-state index >= 15 is 0 Å². The second-order valence-electron chi connectivity index (χ2n) is 3.14. The van der Waals surface area contributed by atoms with Crippen LogP contribution < -0.4 is 0 Å². The van der Waals surface area contributed by atoms with Gasteiger partial charge in [0.05, 0.1) is 0 Å². The van der Waals surface area contributed by atoms with Crippen molar-refractivity contribution in [1.29, 1.82) is 0 Å². The number of hydrogen-bond donors (Lipinski definition) is 0. The molecule has 2 saturated carbocycles. The number of allylic oxidation sites excluding steroid dienone is 1. The molecule has 0 aromatic rings. The third-order valence-corrected chi connectivity index (χ3v) is 2.70. The zero-order valence-corrected chi connectivity index (χ0v) is 5.14. The Bertz CT molecular complexity index is 115. The minimum absolute atomic E-state index is 0.903. The highest BCUT2D eigenvalue weighted by atomic mass is 14.5. The average molecular weight is 108 g/mol. The molecule has 2 fully saturated rings. The van der Waals surface area contributed by atoms with Gasteiger partial charge >= 0.3 is 0 Å². The summed E-state index contributed by atoms with van der Waals surface area (Å²) in [6.07, 6.45) is 6.58. The molecule has 3 atom stereocenters. The maximum Gasteiger partial charge on any atom is -0.0205 e. The lowest BCUT2D eigenvalue weighted by molar-refractivity contribution is 0.592. The van der Waals surface area contributed by atoms with Crippen LogP contribution in [0.25, 0.3) is 0 Å². The van der Waals surface area contributed by atoms with Gasteiger partial charge in [-0.05, 0) is 37.0 Å². The van der Waals surface area contributed by atoms with E-state index < -0.39 is 0 Å². The summed E-state index contributed by atoms with van der Waals surface area (Å²) < 4.78 is 0. The van der Waals surface area contributed by atoms with Gasteiger partial charge in [0.1, 0.15) is 0 Å². The molecule has 0 radical (unpaired) electrons. The fourth-order valence-electron chi connectivity index (χ4n) is 2.04. The second kappa shape index (κ2) is 1.37. The monoisotopic (exact) mass is 108 g/mol. The van der Waals surface area contributed by atoms with Crippen LogP contribution in [-0.4, -0.2) is 0 Å². The smallest absolute Gasteiger partial charge is 0.0205 e. The Morgan fingerprint density at radius 1 is 1.38 bits per heavy atom. The zero-order valence-electron chi connectivity index (χ0n) is 5.14. The van der Waals surface area contributed by atoms with Gasteiger partial charge < -0.3 is 0 Å². The Morgan fingerprint density at radius 3 is 2.50 bits per heavy atom. The molecule has 0 heteroatoms. The number of fused-ring (bicyclic) bond motifs is 1. The molecule has 0 heterocycles. The van der Waals surface area contributed by atoms with E-state index in [-0.39, 0.29) is 0 Å². The quantitative estimate of drug-likeness (QED) is 0.452. The molecule has 0 aromatic carbocycles. The zero-order chi connectivity index (χ0) is 5.56. The third kappa shape index (κ3) is 0.460. The van der Waals surface area contributed by atoms with Crippen LogP contribution in [-0.2, 0) is 0 Å². The van der Waals surface area contributed by atoms with Gasteiger partial charge in [0.15, 0.2) is 0 Å². The van der Waals surface area contributed by atoms with Gasteiger partial charge in [-0.1, -0.05) is 6.08 Å². The molecule has 0 amide bonds. The molecule has 0 N–H and O–H groups in total. The van der Waals surface area contributed by atoms with Crippen molar-refractivity contribution in [1.82, 2.24) is 0 Å². The van der Waals surface area contributed by atoms with Crippen molar-refractivity contribution in [2.24, 2.45) is 17.8 Å². The van der Waals surface area contributed by atoms with Crippen molar-refractivity contribution in [3.05, 3.63) is 12.7 Å². The molecule has 2 aliphatic carbocycles. The van der Waals surface area contributed by atoms with Crippen LogP contribution in [0.3, 0.4) is 0 Å². The van der Waals surface area contributed by atoms with E-state index in [0.29, 0.717) is 0 Å². The van der Waals surface area contributed by atoms with E-state index in [2.05, 4.69) is 12.7 Å². The van der Waals surface area contributed by atoms with Crippen molar-refractivity contribution >= 4 is 0 Å². The molecule has 0 nitrogen and oxygen atoms in total. The van der Waals surface area contributed by atoms with Gasteiger partial charge in [0.25, 0.3) is 0 Å². The molecule has 2 rings (SSSR count). The molecule has 0 bridgehead atoms. The highest BCUT2D eigenvalue weighted by Gasteiger charge is 2.46. The van der Waals surface area contributed by atoms with Crippen LogP contribution >= 0.6 is 0 Å². The summed E-state index contributed by atoms with van der Waals surface area (Å²) in [6.45, 7) is 3.82. The molecule has 0 aromatic heterocycles. The Morgan fingerprint density at radius 2 is 2.25 bits per heavy atom. The predicted octanol–water partition coefficient (Wildman–Crippen LogP) is 2.22. The summed E-state index contributed by atoms with van der Waals surface area (Å²) in [6, 6.07) is 0. The number of rotatable bonds is 1. The first-order chi connectivity index (χ1) is 3.92. The Kier molecular flexibility index (Phi) is 0.787. The Hall–Kier alpha value is -0.260. The molecule has 44 valence electrons. The normalized spacial score (nSPS) is 50.8. The van der Waals surface area contributed by atoms with E-state index in [4.69, 9.17) is 0 Å². The topological polar surface area (TPSA) is 0 Å². The fraction of sp³-hybridized carbons (Fsp3) is 0.750. The molecular formula is C8H12. The summed E-state index contributed by atoms with van der Waals surface area (Å²) in [7, 11) is 0. The van der Waals surface area contributed by atoms with Crippen molar-refractivity contribution < 1.29 is 0 Å². The van der Waals surface area contributed by atoms with Crippen molar-refractivity contribution in [3.63, 3.8) is 0 Å². The first-order valence-corrected chi connectivity index (χ1v) is 3.54. The minimum Gasteiger partial charge on any atom is -0.103 e. The van der Waals surface area contributed by atoms with E-state index in [1.165, 1.54) is 19.3 Å². The minimum atomic E-state index is 0.903. The molecule has 0 aliphatic heterocycles. The molecular weight excluding hydrogens is 96.1 g/mol. The van der Waals surface area contributed by atoms with Gasteiger partial charge in [-0.25, -0.2) is 0 Å². The van der Waals surface area contributed by atoms with Crippen LogP contribution in [0.5, 0.6) is 0 Å². The Labute approximate surface area is 50.6 Å². The van der Waals surface area contributed by atoms with Crippen molar-refractivity contribution in [2.75, 3.05) is 0 Å². The first-order valence-electron chi connectivity index (χ1n) is 3.54. The highest BCUT2D eigenvalue weighted by molar-refractivity contribution is 5.03. The van der Waals surface area contributed by atoms with Crippen LogP contribution in [0, 0.1) is 17.8 Å². The third-order valence-electron chi connectivity index (χ3n) is 2.70. The Balaban J connectivity index is 2.06. The average Bonchev–Trinajstić information content (AvgIpc) is 2.46.